The van der Waals surface area contributed by atoms with E-state index in [1.54, 1.807) is 13.2 Å². The van der Waals surface area contributed by atoms with Crippen molar-refractivity contribution in [2.75, 3.05) is 26.7 Å². The zero-order chi connectivity index (χ0) is 13.0. The summed E-state index contributed by atoms with van der Waals surface area (Å²) in [4.78, 5) is 2.43. The molecule has 0 atom stereocenters. The Morgan fingerprint density at radius 1 is 1.39 bits per heavy atom. The molecule has 1 aromatic rings. The van der Waals surface area contributed by atoms with Gasteiger partial charge in [-0.2, -0.15) is 0 Å². The molecule has 0 amide bonds. The quantitative estimate of drug-likeness (QED) is 0.851. The van der Waals surface area contributed by atoms with Crippen LogP contribution in [0.5, 0.6) is 11.5 Å². The van der Waals surface area contributed by atoms with Crippen molar-refractivity contribution in [3.8, 4) is 11.5 Å². The molecular weight excluding hydrogens is 228 g/mol. The van der Waals surface area contributed by atoms with Crippen molar-refractivity contribution in [3.63, 3.8) is 0 Å². The van der Waals surface area contributed by atoms with Crippen LogP contribution in [0.2, 0.25) is 0 Å². The number of piperidine rings is 1. The van der Waals surface area contributed by atoms with Crippen LogP contribution in [-0.2, 0) is 6.54 Å². The Morgan fingerprint density at radius 2 is 2.11 bits per heavy atom. The Bertz CT molecular complexity index is 387. The molecule has 1 aromatic carbocycles. The summed E-state index contributed by atoms with van der Waals surface area (Å²) in [5, 5.41) is 9.55. The lowest BCUT2D eigenvalue weighted by molar-refractivity contribution is 0.180. The van der Waals surface area contributed by atoms with Crippen molar-refractivity contribution >= 4 is 0 Å². The molecule has 2 rings (SSSR count). The molecule has 1 aliphatic heterocycles. The monoisotopic (exact) mass is 250 g/mol. The third-order valence-corrected chi connectivity index (χ3v) is 3.69. The Morgan fingerprint density at radius 3 is 2.72 bits per heavy atom. The van der Waals surface area contributed by atoms with E-state index in [4.69, 9.17) is 10.5 Å². The van der Waals surface area contributed by atoms with Crippen LogP contribution in [0.4, 0.5) is 0 Å². The van der Waals surface area contributed by atoms with Crippen LogP contribution in [0.15, 0.2) is 18.2 Å². The number of phenolic OH excluding ortho intramolecular Hbond substituents is 1. The van der Waals surface area contributed by atoms with Gasteiger partial charge in [-0.15, -0.1) is 0 Å². The minimum atomic E-state index is 0.197. The number of benzene rings is 1. The van der Waals surface area contributed by atoms with Gasteiger partial charge in [0.1, 0.15) is 0 Å². The maximum atomic E-state index is 9.55. The van der Waals surface area contributed by atoms with E-state index in [9.17, 15) is 5.11 Å². The molecule has 4 nitrogen and oxygen atoms in total. The molecule has 1 saturated heterocycles. The van der Waals surface area contributed by atoms with Crippen LogP contribution in [-0.4, -0.2) is 36.8 Å². The first-order valence-corrected chi connectivity index (χ1v) is 6.51. The lowest BCUT2D eigenvalue weighted by atomic mass is 9.97. The first-order valence-electron chi connectivity index (χ1n) is 6.51. The summed E-state index contributed by atoms with van der Waals surface area (Å²) in [5.41, 5.74) is 6.87. The van der Waals surface area contributed by atoms with Gasteiger partial charge in [0.2, 0.25) is 0 Å². The van der Waals surface area contributed by atoms with Crippen LogP contribution in [0.1, 0.15) is 18.4 Å². The lowest BCUT2D eigenvalue weighted by Gasteiger charge is -2.31. The van der Waals surface area contributed by atoms with Gasteiger partial charge < -0.3 is 15.6 Å². The summed E-state index contributed by atoms with van der Waals surface area (Å²) in [6, 6.07) is 5.55. The summed E-state index contributed by atoms with van der Waals surface area (Å²) < 4.78 is 5.12. The van der Waals surface area contributed by atoms with Gasteiger partial charge in [-0.25, -0.2) is 0 Å². The summed E-state index contributed by atoms with van der Waals surface area (Å²) in [7, 11) is 1.57. The van der Waals surface area contributed by atoms with Crippen molar-refractivity contribution in [2.45, 2.75) is 19.4 Å². The average Bonchev–Trinajstić information content (AvgIpc) is 2.42. The first kappa shape index (κ1) is 13.2. The number of nitrogens with zero attached hydrogens (tertiary/aromatic N) is 1. The van der Waals surface area contributed by atoms with Gasteiger partial charge in [-0.05, 0) is 56.1 Å². The number of aromatic hydroxyl groups is 1. The van der Waals surface area contributed by atoms with Gasteiger partial charge in [0.15, 0.2) is 11.5 Å². The van der Waals surface area contributed by atoms with Crippen LogP contribution < -0.4 is 10.5 Å². The zero-order valence-electron chi connectivity index (χ0n) is 10.9. The first-order chi connectivity index (χ1) is 8.72. The summed E-state index contributed by atoms with van der Waals surface area (Å²) in [6.07, 6.45) is 2.37. The normalized spacial score (nSPS) is 17.9. The number of hydrogen-bond donors (Lipinski definition) is 2. The maximum absolute atomic E-state index is 9.55. The van der Waals surface area contributed by atoms with Crippen LogP contribution >= 0.6 is 0 Å². The molecule has 1 heterocycles. The molecule has 0 aliphatic carbocycles. The second-order valence-electron chi connectivity index (χ2n) is 4.96. The highest BCUT2D eigenvalue weighted by Crippen LogP contribution is 2.27. The molecule has 3 N–H and O–H groups in total. The van der Waals surface area contributed by atoms with Crippen molar-refractivity contribution in [1.82, 2.24) is 4.90 Å². The maximum Gasteiger partial charge on any atom is 0.160 e. The Hall–Kier alpha value is -1.26. The number of ether oxygens (including phenoxy) is 1. The number of phenols is 1. The predicted molar refractivity (Wildman–Crippen MR) is 71.7 cm³/mol. The van der Waals surface area contributed by atoms with E-state index < -0.39 is 0 Å². The largest absolute Gasteiger partial charge is 0.504 e. The molecule has 0 saturated carbocycles. The highest BCUT2D eigenvalue weighted by atomic mass is 16.5. The zero-order valence-corrected chi connectivity index (χ0v) is 10.9. The summed E-state index contributed by atoms with van der Waals surface area (Å²) in [6.45, 7) is 3.92. The number of methoxy groups -OCH3 is 1. The Kier molecular flexibility index (Phi) is 4.44. The van der Waals surface area contributed by atoms with E-state index in [1.807, 2.05) is 12.1 Å². The Labute approximate surface area is 108 Å². The molecule has 0 bridgehead atoms. The van der Waals surface area contributed by atoms with E-state index in [1.165, 1.54) is 18.4 Å². The molecule has 1 fully saturated rings. The van der Waals surface area contributed by atoms with Crippen molar-refractivity contribution < 1.29 is 9.84 Å². The molecular formula is C14H22N2O2. The number of rotatable bonds is 4. The second kappa shape index (κ2) is 6.07. The van der Waals surface area contributed by atoms with E-state index in [-0.39, 0.29) is 5.75 Å². The topological polar surface area (TPSA) is 58.7 Å². The fourth-order valence-electron chi connectivity index (χ4n) is 2.46. The molecule has 0 aromatic heterocycles. The minimum Gasteiger partial charge on any atom is -0.504 e. The second-order valence-corrected chi connectivity index (χ2v) is 4.96. The van der Waals surface area contributed by atoms with Crippen LogP contribution in [0.3, 0.4) is 0 Å². The van der Waals surface area contributed by atoms with E-state index in [2.05, 4.69) is 4.90 Å². The van der Waals surface area contributed by atoms with Crippen molar-refractivity contribution in [2.24, 2.45) is 11.7 Å². The standard InChI is InChI=1S/C14H22N2O2/c1-18-14-8-12(2-3-13(14)17)10-16-6-4-11(9-15)5-7-16/h2-3,8,11,17H,4-7,9-10,15H2,1H3. The third kappa shape index (κ3) is 3.15. The van der Waals surface area contributed by atoms with E-state index in [0.29, 0.717) is 11.7 Å². The molecule has 4 heteroatoms. The fraction of sp³-hybridized carbons (Fsp3) is 0.571. The van der Waals surface area contributed by atoms with Crippen molar-refractivity contribution in [3.05, 3.63) is 23.8 Å². The minimum absolute atomic E-state index is 0.197. The van der Waals surface area contributed by atoms with Crippen molar-refractivity contribution in [1.29, 1.82) is 0 Å². The third-order valence-electron chi connectivity index (χ3n) is 3.69. The molecule has 100 valence electrons. The van der Waals surface area contributed by atoms with Gasteiger partial charge >= 0.3 is 0 Å². The van der Waals surface area contributed by atoms with Gasteiger partial charge in [-0.1, -0.05) is 6.07 Å². The van der Waals surface area contributed by atoms with Gasteiger partial charge in [0, 0.05) is 6.54 Å². The molecule has 0 spiro atoms. The Balaban J connectivity index is 1.94. The molecule has 0 unspecified atom stereocenters. The smallest absolute Gasteiger partial charge is 0.160 e. The van der Waals surface area contributed by atoms with Crippen LogP contribution in [0, 0.1) is 5.92 Å². The number of likely N-dealkylation sites (tertiary alicyclic amines) is 1. The highest BCUT2D eigenvalue weighted by molar-refractivity contribution is 5.41. The van der Waals surface area contributed by atoms with E-state index >= 15 is 0 Å². The fourth-order valence-corrected chi connectivity index (χ4v) is 2.46. The SMILES string of the molecule is COc1cc(CN2CCC(CN)CC2)ccc1O. The molecule has 0 radical (unpaired) electrons. The van der Waals surface area contributed by atoms with Gasteiger partial charge in [0.25, 0.3) is 0 Å². The van der Waals surface area contributed by atoms with Crippen LogP contribution in [0.25, 0.3) is 0 Å². The number of hydrogen-bond acceptors (Lipinski definition) is 4. The van der Waals surface area contributed by atoms with Gasteiger partial charge in [-0.3, -0.25) is 4.90 Å². The lowest BCUT2D eigenvalue weighted by Crippen LogP contribution is -2.35. The summed E-state index contributed by atoms with van der Waals surface area (Å²) in [5.74, 6) is 1.43. The average molecular weight is 250 g/mol. The highest BCUT2D eigenvalue weighted by Gasteiger charge is 2.18. The number of nitrogens with two attached hydrogens (primary N) is 1. The predicted octanol–water partition coefficient (Wildman–Crippen LogP) is 1.57. The van der Waals surface area contributed by atoms with Gasteiger partial charge in [0.05, 0.1) is 7.11 Å². The summed E-state index contributed by atoms with van der Waals surface area (Å²) >= 11 is 0. The molecule has 18 heavy (non-hydrogen) atoms. The molecule has 1 aliphatic rings. The van der Waals surface area contributed by atoms with E-state index in [0.717, 1.165) is 26.2 Å².